The molecule has 0 amide bonds. The molecule has 0 spiro atoms. The number of allylic oxidation sites excluding steroid dienone is 2. The maximum Gasteiger partial charge on any atom is 0.472 e. The third kappa shape index (κ3) is 46.3. The number of phosphoric acid groups is 1. The molecule has 2 atom stereocenters. The van der Waals surface area contributed by atoms with Crippen LogP contribution in [0.3, 0.4) is 0 Å². The lowest BCUT2D eigenvalue weighted by Gasteiger charge is -2.19. The van der Waals surface area contributed by atoms with Gasteiger partial charge in [0.2, 0.25) is 0 Å². The summed E-state index contributed by atoms with van der Waals surface area (Å²) in [4.78, 5) is 35.0. The molecule has 60 heavy (non-hydrogen) atoms. The number of nitrogens with two attached hydrogens (primary N) is 1. The Morgan fingerprint density at radius 3 is 1.18 bits per heavy atom. The molecule has 10 heteroatoms. The fourth-order valence-electron chi connectivity index (χ4n) is 7.57. The molecule has 0 rings (SSSR count). The Morgan fingerprint density at radius 2 is 0.817 bits per heavy atom. The summed E-state index contributed by atoms with van der Waals surface area (Å²) in [6.07, 6.45) is 51.1. The second kappa shape index (κ2) is 47.2. The van der Waals surface area contributed by atoms with Crippen molar-refractivity contribution in [1.82, 2.24) is 0 Å². The Bertz CT molecular complexity index is 995. The number of carbonyl (C=O) groups is 2. The normalized spacial score (nSPS) is 13.2. The maximum atomic E-state index is 12.6. The lowest BCUT2D eigenvalue weighted by atomic mass is 10.0. The Morgan fingerprint density at radius 1 is 0.483 bits per heavy atom. The van der Waals surface area contributed by atoms with Crippen LogP contribution in [-0.4, -0.2) is 49.3 Å². The van der Waals surface area contributed by atoms with Gasteiger partial charge in [0.25, 0.3) is 0 Å². The van der Waals surface area contributed by atoms with Crippen LogP contribution in [0.4, 0.5) is 0 Å². The Labute approximate surface area is 370 Å². The number of phosphoric ester groups is 1. The predicted octanol–water partition coefficient (Wildman–Crippen LogP) is 15.3. The molecule has 0 aromatic heterocycles. The topological polar surface area (TPSA) is 134 Å². The highest BCUT2D eigenvalue weighted by Gasteiger charge is 2.26. The Balaban J connectivity index is 4.01. The van der Waals surface area contributed by atoms with E-state index in [0.29, 0.717) is 6.42 Å². The highest BCUT2D eigenvalue weighted by Crippen LogP contribution is 2.43. The van der Waals surface area contributed by atoms with E-state index in [1.807, 2.05) is 0 Å². The van der Waals surface area contributed by atoms with Crippen LogP contribution >= 0.6 is 7.82 Å². The maximum absolute atomic E-state index is 12.6. The van der Waals surface area contributed by atoms with E-state index < -0.39 is 26.5 Å². The number of hydrogen-bond acceptors (Lipinski definition) is 8. The van der Waals surface area contributed by atoms with Crippen molar-refractivity contribution in [2.75, 3.05) is 26.4 Å². The Hall–Kier alpha value is -1.25. The standard InChI is InChI=1S/C50H98NO8P/c1-3-5-7-9-11-13-15-17-19-21-23-24-25-27-28-30-32-34-36-38-40-42-49(52)56-46-48(47-58-60(54,55)57-45-44-51)59-50(53)43-41-39-37-35-33-31-29-26-22-20-18-16-14-12-10-8-6-4-2/h20,22,48H,3-19,21,23-47,51H2,1-2H3,(H,54,55)/b22-20-. The largest absolute Gasteiger partial charge is 0.472 e. The van der Waals surface area contributed by atoms with Gasteiger partial charge in [-0.15, -0.1) is 0 Å². The van der Waals surface area contributed by atoms with Gasteiger partial charge in [-0.2, -0.15) is 0 Å². The minimum Gasteiger partial charge on any atom is -0.462 e. The summed E-state index contributed by atoms with van der Waals surface area (Å²) in [5.41, 5.74) is 5.37. The van der Waals surface area contributed by atoms with Crippen molar-refractivity contribution in [2.24, 2.45) is 5.73 Å². The molecule has 0 aliphatic heterocycles. The Kier molecular flexibility index (Phi) is 46.3. The second-order valence-electron chi connectivity index (χ2n) is 17.4. The van der Waals surface area contributed by atoms with Gasteiger partial charge in [0.05, 0.1) is 13.2 Å². The first-order chi connectivity index (χ1) is 29.3. The van der Waals surface area contributed by atoms with Gasteiger partial charge < -0.3 is 20.1 Å². The number of ether oxygens (including phenoxy) is 2. The third-order valence-electron chi connectivity index (χ3n) is 11.4. The number of rotatable bonds is 49. The van der Waals surface area contributed by atoms with Crippen LogP contribution < -0.4 is 5.73 Å². The van der Waals surface area contributed by atoms with Gasteiger partial charge in [-0.25, -0.2) is 4.57 Å². The molecule has 0 saturated heterocycles. The van der Waals surface area contributed by atoms with E-state index >= 15 is 0 Å². The van der Waals surface area contributed by atoms with Gasteiger partial charge in [0.15, 0.2) is 6.10 Å². The number of esters is 2. The predicted molar refractivity (Wildman–Crippen MR) is 252 cm³/mol. The van der Waals surface area contributed by atoms with Gasteiger partial charge >= 0.3 is 19.8 Å². The van der Waals surface area contributed by atoms with Crippen molar-refractivity contribution in [2.45, 2.75) is 270 Å². The van der Waals surface area contributed by atoms with Crippen LogP contribution in [0.5, 0.6) is 0 Å². The summed E-state index contributed by atoms with van der Waals surface area (Å²) < 4.78 is 32.9. The highest BCUT2D eigenvalue weighted by atomic mass is 31.2. The molecule has 0 heterocycles. The summed E-state index contributed by atoms with van der Waals surface area (Å²) in [5, 5.41) is 0. The average Bonchev–Trinajstić information content (AvgIpc) is 3.24. The molecular weight excluding hydrogens is 774 g/mol. The third-order valence-corrected chi connectivity index (χ3v) is 12.4. The molecule has 2 unspecified atom stereocenters. The number of carbonyl (C=O) groups excluding carboxylic acids is 2. The summed E-state index contributed by atoms with van der Waals surface area (Å²) in [6.45, 7) is 3.78. The minimum atomic E-state index is -4.38. The van der Waals surface area contributed by atoms with Crippen molar-refractivity contribution in [3.8, 4) is 0 Å². The second-order valence-corrected chi connectivity index (χ2v) is 18.9. The van der Waals surface area contributed by atoms with Crippen molar-refractivity contribution in [3.05, 3.63) is 12.2 Å². The molecule has 356 valence electrons. The minimum absolute atomic E-state index is 0.0558. The monoisotopic (exact) mass is 872 g/mol. The molecule has 0 aliphatic carbocycles. The fraction of sp³-hybridized carbons (Fsp3) is 0.920. The van der Waals surface area contributed by atoms with Crippen LogP contribution in [0.1, 0.15) is 264 Å². The molecule has 0 saturated carbocycles. The summed E-state index contributed by atoms with van der Waals surface area (Å²) in [6, 6.07) is 0. The molecule has 3 N–H and O–H groups in total. The molecule has 0 aromatic rings. The molecule has 0 aromatic carbocycles. The molecule has 0 radical (unpaired) electrons. The van der Waals surface area contributed by atoms with Crippen molar-refractivity contribution in [3.63, 3.8) is 0 Å². The van der Waals surface area contributed by atoms with E-state index in [0.717, 1.165) is 44.9 Å². The van der Waals surface area contributed by atoms with Gasteiger partial charge in [0.1, 0.15) is 6.61 Å². The molecular formula is C50H98NO8P. The van der Waals surface area contributed by atoms with Crippen LogP contribution in [0.2, 0.25) is 0 Å². The van der Waals surface area contributed by atoms with E-state index in [2.05, 4.69) is 26.0 Å². The zero-order valence-corrected chi connectivity index (χ0v) is 40.4. The van der Waals surface area contributed by atoms with E-state index in [4.69, 9.17) is 24.3 Å². The zero-order chi connectivity index (χ0) is 43.9. The first-order valence-corrected chi connectivity index (χ1v) is 27.2. The van der Waals surface area contributed by atoms with Gasteiger partial charge in [0, 0.05) is 19.4 Å². The van der Waals surface area contributed by atoms with E-state index in [9.17, 15) is 19.0 Å². The van der Waals surface area contributed by atoms with E-state index in [-0.39, 0.29) is 38.6 Å². The van der Waals surface area contributed by atoms with Crippen molar-refractivity contribution >= 4 is 19.8 Å². The molecule has 0 aliphatic rings. The summed E-state index contributed by atoms with van der Waals surface area (Å²) in [5.74, 6) is -0.817. The average molecular weight is 872 g/mol. The lowest BCUT2D eigenvalue weighted by molar-refractivity contribution is -0.161. The molecule has 9 nitrogen and oxygen atoms in total. The first-order valence-electron chi connectivity index (χ1n) is 25.7. The number of hydrogen-bond donors (Lipinski definition) is 2. The van der Waals surface area contributed by atoms with Crippen LogP contribution in [-0.2, 0) is 32.7 Å². The van der Waals surface area contributed by atoms with Crippen LogP contribution in [0.25, 0.3) is 0 Å². The quantitative estimate of drug-likeness (QED) is 0.0265. The van der Waals surface area contributed by atoms with E-state index in [1.54, 1.807) is 0 Å². The molecule has 0 bridgehead atoms. The van der Waals surface area contributed by atoms with Gasteiger partial charge in [-0.3, -0.25) is 18.6 Å². The highest BCUT2D eigenvalue weighted by molar-refractivity contribution is 7.47. The summed E-state index contributed by atoms with van der Waals surface area (Å²) >= 11 is 0. The zero-order valence-electron chi connectivity index (χ0n) is 39.5. The smallest absolute Gasteiger partial charge is 0.462 e. The lowest BCUT2D eigenvalue weighted by Crippen LogP contribution is -2.29. The molecule has 0 fully saturated rings. The van der Waals surface area contributed by atoms with E-state index in [1.165, 1.54) is 186 Å². The van der Waals surface area contributed by atoms with Crippen LogP contribution in [0, 0.1) is 0 Å². The number of unbranched alkanes of at least 4 members (excludes halogenated alkanes) is 34. The van der Waals surface area contributed by atoms with Crippen LogP contribution in [0.15, 0.2) is 12.2 Å². The van der Waals surface area contributed by atoms with Gasteiger partial charge in [-0.05, 0) is 38.5 Å². The fourth-order valence-corrected chi connectivity index (χ4v) is 8.34. The van der Waals surface area contributed by atoms with Crippen molar-refractivity contribution in [1.29, 1.82) is 0 Å². The van der Waals surface area contributed by atoms with Gasteiger partial charge in [-0.1, -0.05) is 225 Å². The summed E-state index contributed by atoms with van der Waals surface area (Å²) in [7, 11) is -4.38. The van der Waals surface area contributed by atoms with Crippen molar-refractivity contribution < 1.29 is 37.6 Å². The first kappa shape index (κ1) is 58.8. The SMILES string of the molecule is CCCCCCCCC/C=C\CCCCCCCCCC(=O)OC(COC(=O)CCCCCCCCCCCCCCCCCCCCCCC)COP(=O)(O)OCCN.